The van der Waals surface area contributed by atoms with Crippen molar-refractivity contribution < 1.29 is 23.6 Å². The Morgan fingerprint density at radius 3 is 1.89 bits per heavy atom. The van der Waals surface area contributed by atoms with Crippen LogP contribution in [0.2, 0.25) is 0 Å². The Labute approximate surface area is 116 Å². The van der Waals surface area contributed by atoms with E-state index < -0.39 is 7.82 Å². The zero-order valence-electron chi connectivity index (χ0n) is 12.2. The Morgan fingerprint density at radius 2 is 1.42 bits per heavy atom. The minimum absolute atomic E-state index is 0.269. The Morgan fingerprint density at radius 1 is 0.947 bits per heavy atom. The van der Waals surface area contributed by atoms with Crippen molar-refractivity contribution in [3.8, 4) is 0 Å². The molecule has 0 spiro atoms. The summed E-state index contributed by atoms with van der Waals surface area (Å²) < 4.78 is 21.0. The summed E-state index contributed by atoms with van der Waals surface area (Å²) in [5.74, 6) is 0. The third-order valence-corrected chi connectivity index (χ3v) is 3.85. The molecule has 0 aromatic rings. The molecular weight excluding hydrogens is 267 g/mol. The molecule has 0 radical (unpaired) electrons. The van der Waals surface area contributed by atoms with Crippen LogP contribution in [0.4, 0.5) is 0 Å². The van der Waals surface area contributed by atoms with E-state index in [-0.39, 0.29) is 19.3 Å². The molecule has 6 heteroatoms. The lowest BCUT2D eigenvalue weighted by atomic mass is 10.1. The van der Waals surface area contributed by atoms with Gasteiger partial charge in [-0.2, -0.15) is 0 Å². The number of phosphoric ester groups is 1. The van der Waals surface area contributed by atoms with Crippen molar-refractivity contribution in [2.24, 2.45) is 0 Å². The molecule has 19 heavy (non-hydrogen) atoms. The minimum atomic E-state index is -3.85. The highest BCUT2D eigenvalue weighted by atomic mass is 31.2. The summed E-state index contributed by atoms with van der Waals surface area (Å²) >= 11 is 0. The molecule has 0 aliphatic heterocycles. The number of hydrogen-bond acceptors (Lipinski definition) is 4. The minimum Gasteiger partial charge on any atom is -0.396 e. The second-order valence-corrected chi connectivity index (χ2v) is 6.41. The van der Waals surface area contributed by atoms with Gasteiger partial charge in [-0.05, 0) is 26.7 Å². The molecule has 2 N–H and O–H groups in total. The number of rotatable bonds is 13. The standard InChI is InChI=1S/C13H29O5P/c1-13(2)18-19(15,16)17-12-10-8-6-4-3-5-7-9-11-14/h13-14H,3-12H2,1-2H3,(H,15,16). The summed E-state index contributed by atoms with van der Waals surface area (Å²) in [7, 11) is -3.85. The van der Waals surface area contributed by atoms with E-state index in [1.807, 2.05) is 0 Å². The quantitative estimate of drug-likeness (QED) is 0.401. The number of hydrogen-bond donors (Lipinski definition) is 2. The third-order valence-electron chi connectivity index (χ3n) is 2.65. The van der Waals surface area contributed by atoms with Crippen LogP contribution in [0, 0.1) is 0 Å². The number of unbranched alkanes of at least 4 members (excludes halogenated alkanes) is 7. The van der Waals surface area contributed by atoms with Crippen LogP contribution in [0.3, 0.4) is 0 Å². The molecule has 0 heterocycles. The van der Waals surface area contributed by atoms with E-state index in [1.165, 1.54) is 19.3 Å². The zero-order valence-corrected chi connectivity index (χ0v) is 13.1. The maximum absolute atomic E-state index is 11.4. The average Bonchev–Trinajstić information content (AvgIpc) is 2.30. The normalized spacial score (nSPS) is 14.8. The fourth-order valence-corrected chi connectivity index (χ4v) is 2.70. The first-order valence-corrected chi connectivity index (χ1v) is 8.74. The second kappa shape index (κ2) is 11.9. The first kappa shape index (κ1) is 19.1. The molecule has 0 amide bonds. The van der Waals surface area contributed by atoms with Crippen molar-refractivity contribution in [2.75, 3.05) is 13.2 Å². The van der Waals surface area contributed by atoms with Crippen molar-refractivity contribution in [2.45, 2.75) is 71.3 Å². The molecule has 0 saturated carbocycles. The van der Waals surface area contributed by atoms with Crippen LogP contribution in [-0.2, 0) is 13.6 Å². The van der Waals surface area contributed by atoms with Gasteiger partial charge in [-0.15, -0.1) is 0 Å². The first-order valence-electron chi connectivity index (χ1n) is 7.24. The molecule has 1 unspecified atom stereocenters. The molecule has 0 fully saturated rings. The van der Waals surface area contributed by atoms with Gasteiger partial charge in [0.25, 0.3) is 0 Å². The lowest BCUT2D eigenvalue weighted by Gasteiger charge is -2.14. The van der Waals surface area contributed by atoms with Crippen molar-refractivity contribution in [3.05, 3.63) is 0 Å². The van der Waals surface area contributed by atoms with Gasteiger partial charge in [-0.3, -0.25) is 9.05 Å². The van der Waals surface area contributed by atoms with E-state index in [0.29, 0.717) is 0 Å². The molecule has 0 bridgehead atoms. The maximum atomic E-state index is 11.4. The maximum Gasteiger partial charge on any atom is 0.472 e. The summed E-state index contributed by atoms with van der Waals surface area (Å²) in [4.78, 5) is 9.30. The number of aliphatic hydroxyl groups is 1. The van der Waals surface area contributed by atoms with Crippen molar-refractivity contribution in [1.82, 2.24) is 0 Å². The van der Waals surface area contributed by atoms with Crippen LogP contribution >= 0.6 is 7.82 Å². The smallest absolute Gasteiger partial charge is 0.396 e. The molecule has 116 valence electrons. The van der Waals surface area contributed by atoms with Gasteiger partial charge in [0.1, 0.15) is 0 Å². The lowest BCUT2D eigenvalue weighted by molar-refractivity contribution is 0.119. The molecule has 0 rings (SSSR count). The van der Waals surface area contributed by atoms with Gasteiger partial charge in [0.05, 0.1) is 12.7 Å². The van der Waals surface area contributed by atoms with E-state index in [1.54, 1.807) is 13.8 Å². The largest absolute Gasteiger partial charge is 0.472 e. The second-order valence-electron chi connectivity index (χ2n) is 5.01. The van der Waals surface area contributed by atoms with Crippen LogP contribution in [0.15, 0.2) is 0 Å². The molecular formula is C13H29O5P. The fourth-order valence-electron chi connectivity index (χ4n) is 1.75. The summed E-state index contributed by atoms with van der Waals surface area (Å²) in [5, 5.41) is 8.62. The molecule has 0 aromatic carbocycles. The van der Waals surface area contributed by atoms with E-state index >= 15 is 0 Å². The zero-order chi connectivity index (χ0) is 14.6. The SMILES string of the molecule is CC(C)OP(=O)(O)OCCCCCCCCCCO. The monoisotopic (exact) mass is 296 g/mol. The van der Waals surface area contributed by atoms with Gasteiger partial charge < -0.3 is 10.00 Å². The Kier molecular flexibility index (Phi) is 11.9. The van der Waals surface area contributed by atoms with Crippen molar-refractivity contribution in [1.29, 1.82) is 0 Å². The topological polar surface area (TPSA) is 76.0 Å². The highest BCUT2D eigenvalue weighted by Crippen LogP contribution is 2.44. The van der Waals surface area contributed by atoms with Crippen molar-refractivity contribution >= 4 is 7.82 Å². The van der Waals surface area contributed by atoms with Crippen LogP contribution in [0.25, 0.3) is 0 Å². The van der Waals surface area contributed by atoms with Crippen LogP contribution in [0.5, 0.6) is 0 Å². The summed E-state index contributed by atoms with van der Waals surface area (Å²) in [6.07, 6.45) is 8.11. The molecule has 0 saturated heterocycles. The van der Waals surface area contributed by atoms with Gasteiger partial charge in [0.2, 0.25) is 0 Å². The molecule has 1 atom stereocenters. The van der Waals surface area contributed by atoms with E-state index in [9.17, 15) is 9.46 Å². The predicted octanol–water partition coefficient (Wildman–Crippen LogP) is 3.64. The van der Waals surface area contributed by atoms with Gasteiger partial charge in [0.15, 0.2) is 0 Å². The van der Waals surface area contributed by atoms with Crippen LogP contribution < -0.4 is 0 Å². The summed E-state index contributed by atoms with van der Waals surface area (Å²) in [6.45, 7) is 3.95. The lowest BCUT2D eigenvalue weighted by Crippen LogP contribution is -2.03. The van der Waals surface area contributed by atoms with Gasteiger partial charge in [0, 0.05) is 6.61 Å². The fraction of sp³-hybridized carbons (Fsp3) is 1.00. The van der Waals surface area contributed by atoms with Gasteiger partial charge >= 0.3 is 7.82 Å². The molecule has 0 aliphatic rings. The Bertz CT molecular complexity index is 245. The Hall–Kier alpha value is 0.0700. The van der Waals surface area contributed by atoms with E-state index in [0.717, 1.165) is 32.1 Å². The Balaban J connectivity index is 3.29. The predicted molar refractivity (Wildman–Crippen MR) is 76.0 cm³/mol. The van der Waals surface area contributed by atoms with E-state index in [4.69, 9.17) is 14.2 Å². The van der Waals surface area contributed by atoms with E-state index in [2.05, 4.69) is 0 Å². The highest BCUT2D eigenvalue weighted by molar-refractivity contribution is 7.47. The summed E-state index contributed by atoms with van der Waals surface area (Å²) in [5.41, 5.74) is 0. The molecule has 5 nitrogen and oxygen atoms in total. The number of phosphoric acid groups is 1. The van der Waals surface area contributed by atoms with Crippen molar-refractivity contribution in [3.63, 3.8) is 0 Å². The summed E-state index contributed by atoms with van der Waals surface area (Å²) in [6, 6.07) is 0. The van der Waals surface area contributed by atoms with Gasteiger partial charge in [-0.25, -0.2) is 4.57 Å². The molecule has 0 aromatic heterocycles. The average molecular weight is 296 g/mol. The highest BCUT2D eigenvalue weighted by Gasteiger charge is 2.21. The first-order chi connectivity index (χ1) is 8.98. The van der Waals surface area contributed by atoms with Crippen LogP contribution in [0.1, 0.15) is 65.2 Å². The number of aliphatic hydroxyl groups excluding tert-OH is 1. The van der Waals surface area contributed by atoms with Gasteiger partial charge in [-0.1, -0.05) is 38.5 Å². The third kappa shape index (κ3) is 14.3. The molecule has 0 aliphatic carbocycles. The van der Waals surface area contributed by atoms with Crippen LogP contribution in [-0.4, -0.2) is 29.3 Å².